The van der Waals surface area contributed by atoms with Gasteiger partial charge in [0.15, 0.2) is 0 Å². The summed E-state index contributed by atoms with van der Waals surface area (Å²) in [6.45, 7) is 1.77. The third-order valence-electron chi connectivity index (χ3n) is 2.11. The van der Waals surface area contributed by atoms with E-state index in [1.807, 2.05) is 12.1 Å². The van der Waals surface area contributed by atoms with Gasteiger partial charge in [-0.3, -0.25) is 0 Å². The maximum atomic E-state index is 5.77. The predicted octanol–water partition coefficient (Wildman–Crippen LogP) is 0.454. The highest BCUT2D eigenvalue weighted by Gasteiger charge is 2.13. The molecule has 11 heavy (non-hydrogen) atoms. The van der Waals surface area contributed by atoms with Crippen molar-refractivity contribution in [2.24, 2.45) is 0 Å². The molecule has 0 bridgehead atoms. The highest BCUT2D eigenvalue weighted by molar-refractivity contribution is 5.69. The molecule has 58 valence electrons. The summed E-state index contributed by atoms with van der Waals surface area (Å²) in [5.74, 6) is 0. The standard InChI is InChI=1S/C8H11N3/c9-7-2-1-5-3-11-4-6(5)8(7)10/h1-2,11H,3-4,9-10H2. The van der Waals surface area contributed by atoms with Crippen LogP contribution >= 0.6 is 0 Å². The van der Waals surface area contributed by atoms with Crippen molar-refractivity contribution in [1.29, 1.82) is 0 Å². The fourth-order valence-electron chi connectivity index (χ4n) is 1.42. The predicted molar refractivity (Wildman–Crippen MR) is 45.8 cm³/mol. The Labute approximate surface area is 65.4 Å². The van der Waals surface area contributed by atoms with Crippen molar-refractivity contribution in [1.82, 2.24) is 5.32 Å². The lowest BCUT2D eigenvalue weighted by Crippen LogP contribution is -2.02. The molecular weight excluding hydrogens is 138 g/mol. The molecule has 1 heterocycles. The van der Waals surface area contributed by atoms with E-state index in [9.17, 15) is 0 Å². The molecule has 2 rings (SSSR count). The van der Waals surface area contributed by atoms with Crippen molar-refractivity contribution in [3.63, 3.8) is 0 Å². The van der Waals surface area contributed by atoms with Crippen molar-refractivity contribution >= 4 is 11.4 Å². The first-order chi connectivity index (χ1) is 5.29. The van der Waals surface area contributed by atoms with E-state index in [0.29, 0.717) is 5.69 Å². The van der Waals surface area contributed by atoms with Crippen molar-refractivity contribution in [3.8, 4) is 0 Å². The number of nitrogen functional groups attached to an aromatic ring is 2. The van der Waals surface area contributed by atoms with Crippen LogP contribution in [0, 0.1) is 0 Å². The molecular formula is C8H11N3. The third-order valence-corrected chi connectivity index (χ3v) is 2.11. The number of hydrogen-bond donors (Lipinski definition) is 3. The van der Waals surface area contributed by atoms with Gasteiger partial charge in [-0.15, -0.1) is 0 Å². The van der Waals surface area contributed by atoms with Crippen LogP contribution in [-0.4, -0.2) is 0 Å². The average Bonchev–Trinajstić information content (AvgIpc) is 2.45. The molecule has 1 aliphatic heterocycles. The third kappa shape index (κ3) is 0.851. The maximum absolute atomic E-state index is 5.77. The van der Waals surface area contributed by atoms with Gasteiger partial charge in [0.2, 0.25) is 0 Å². The maximum Gasteiger partial charge on any atom is 0.0596 e. The molecule has 0 atom stereocenters. The van der Waals surface area contributed by atoms with E-state index in [2.05, 4.69) is 5.32 Å². The summed E-state index contributed by atoms with van der Waals surface area (Å²) in [7, 11) is 0. The largest absolute Gasteiger partial charge is 0.397 e. The molecule has 0 aromatic heterocycles. The molecule has 1 aromatic rings. The van der Waals surface area contributed by atoms with Crippen LogP contribution in [0.2, 0.25) is 0 Å². The summed E-state index contributed by atoms with van der Waals surface area (Å²) >= 11 is 0. The fraction of sp³-hybridized carbons (Fsp3) is 0.250. The van der Waals surface area contributed by atoms with Gasteiger partial charge in [-0.1, -0.05) is 6.07 Å². The smallest absolute Gasteiger partial charge is 0.0596 e. The Kier molecular flexibility index (Phi) is 1.26. The zero-order valence-electron chi connectivity index (χ0n) is 6.22. The van der Waals surface area contributed by atoms with Crippen LogP contribution in [0.1, 0.15) is 11.1 Å². The van der Waals surface area contributed by atoms with E-state index in [1.54, 1.807) is 0 Å². The number of rotatable bonds is 0. The Morgan fingerprint density at radius 1 is 1.18 bits per heavy atom. The lowest BCUT2D eigenvalue weighted by atomic mass is 10.1. The van der Waals surface area contributed by atoms with Crippen LogP contribution in [-0.2, 0) is 13.1 Å². The molecule has 0 radical (unpaired) electrons. The zero-order chi connectivity index (χ0) is 7.84. The highest BCUT2D eigenvalue weighted by atomic mass is 14.9. The fourth-order valence-corrected chi connectivity index (χ4v) is 1.42. The van der Waals surface area contributed by atoms with Crippen molar-refractivity contribution in [2.45, 2.75) is 13.1 Å². The normalized spacial score (nSPS) is 14.9. The molecule has 1 aliphatic rings. The first-order valence-electron chi connectivity index (χ1n) is 3.65. The second-order valence-corrected chi connectivity index (χ2v) is 2.81. The summed E-state index contributed by atoms with van der Waals surface area (Å²) in [4.78, 5) is 0. The van der Waals surface area contributed by atoms with Crippen molar-refractivity contribution < 1.29 is 0 Å². The molecule has 0 fully saturated rings. The van der Waals surface area contributed by atoms with Gasteiger partial charge >= 0.3 is 0 Å². The first-order valence-corrected chi connectivity index (χ1v) is 3.65. The van der Waals surface area contributed by atoms with Gasteiger partial charge < -0.3 is 16.8 Å². The summed E-state index contributed by atoms with van der Waals surface area (Å²) in [6, 6.07) is 3.89. The van der Waals surface area contributed by atoms with Gasteiger partial charge in [0.1, 0.15) is 0 Å². The topological polar surface area (TPSA) is 64.1 Å². The number of anilines is 2. The second kappa shape index (κ2) is 2.13. The van der Waals surface area contributed by atoms with E-state index in [4.69, 9.17) is 11.5 Å². The molecule has 0 unspecified atom stereocenters. The number of hydrogen-bond acceptors (Lipinski definition) is 3. The molecule has 0 saturated carbocycles. The second-order valence-electron chi connectivity index (χ2n) is 2.81. The van der Waals surface area contributed by atoms with Crippen LogP contribution in [0.15, 0.2) is 12.1 Å². The molecule has 0 amide bonds. The zero-order valence-corrected chi connectivity index (χ0v) is 6.22. The summed E-state index contributed by atoms with van der Waals surface area (Å²) < 4.78 is 0. The van der Waals surface area contributed by atoms with Gasteiger partial charge in [0.25, 0.3) is 0 Å². The average molecular weight is 149 g/mol. The number of benzene rings is 1. The molecule has 1 aromatic carbocycles. The Hall–Kier alpha value is -1.22. The lowest BCUT2D eigenvalue weighted by Gasteiger charge is -2.04. The van der Waals surface area contributed by atoms with Crippen LogP contribution < -0.4 is 16.8 Å². The van der Waals surface area contributed by atoms with Crippen molar-refractivity contribution in [2.75, 3.05) is 11.5 Å². The van der Waals surface area contributed by atoms with Crippen molar-refractivity contribution in [3.05, 3.63) is 23.3 Å². The van der Waals surface area contributed by atoms with E-state index in [1.165, 1.54) is 11.1 Å². The van der Waals surface area contributed by atoms with Crippen LogP contribution in [0.5, 0.6) is 0 Å². The molecule has 3 heteroatoms. The van der Waals surface area contributed by atoms with E-state index < -0.39 is 0 Å². The lowest BCUT2D eigenvalue weighted by molar-refractivity contribution is 0.765. The van der Waals surface area contributed by atoms with Crippen LogP contribution in [0.25, 0.3) is 0 Å². The van der Waals surface area contributed by atoms with Gasteiger partial charge in [0, 0.05) is 13.1 Å². The number of nitrogens with one attached hydrogen (secondary N) is 1. The Morgan fingerprint density at radius 3 is 2.82 bits per heavy atom. The number of fused-ring (bicyclic) bond motifs is 1. The van der Waals surface area contributed by atoms with Gasteiger partial charge in [-0.05, 0) is 17.2 Å². The highest BCUT2D eigenvalue weighted by Crippen LogP contribution is 2.26. The Morgan fingerprint density at radius 2 is 2.00 bits per heavy atom. The first kappa shape index (κ1) is 6.49. The molecule has 3 nitrogen and oxygen atoms in total. The van der Waals surface area contributed by atoms with E-state index in [0.717, 1.165) is 18.8 Å². The minimum Gasteiger partial charge on any atom is -0.397 e. The molecule has 0 spiro atoms. The molecule has 5 N–H and O–H groups in total. The van der Waals surface area contributed by atoms with E-state index in [-0.39, 0.29) is 0 Å². The monoisotopic (exact) mass is 149 g/mol. The number of nitrogens with two attached hydrogens (primary N) is 2. The summed E-state index contributed by atoms with van der Waals surface area (Å²) in [6.07, 6.45) is 0. The van der Waals surface area contributed by atoms with Crippen LogP contribution in [0.3, 0.4) is 0 Å². The summed E-state index contributed by atoms with van der Waals surface area (Å²) in [5, 5.41) is 3.22. The quantitative estimate of drug-likeness (QED) is 0.469. The Balaban J connectivity index is 2.62. The minimum atomic E-state index is 0.687. The Bertz CT molecular complexity index is 294. The summed E-state index contributed by atoms with van der Waals surface area (Å²) in [5.41, 5.74) is 15.3. The molecule has 0 saturated heterocycles. The minimum absolute atomic E-state index is 0.687. The van der Waals surface area contributed by atoms with E-state index >= 15 is 0 Å². The van der Waals surface area contributed by atoms with Gasteiger partial charge in [0.05, 0.1) is 11.4 Å². The SMILES string of the molecule is Nc1ccc2c(c1N)CNC2. The van der Waals surface area contributed by atoms with Crippen LogP contribution in [0.4, 0.5) is 11.4 Å². The van der Waals surface area contributed by atoms with Gasteiger partial charge in [-0.2, -0.15) is 0 Å². The molecule has 0 aliphatic carbocycles. The van der Waals surface area contributed by atoms with Gasteiger partial charge in [-0.25, -0.2) is 0 Å².